The Balaban J connectivity index is 1.66. The number of phenolic OH excluding ortho intramolecular Hbond substituents is 1. The first-order valence-electron chi connectivity index (χ1n) is 8.83. The Morgan fingerprint density at radius 1 is 1.11 bits per heavy atom. The number of halogens is 1. The van der Waals surface area contributed by atoms with Crippen LogP contribution in [0.1, 0.15) is 17.3 Å². The number of rotatable bonds is 5. The molecule has 1 aliphatic rings. The number of carbonyl (C=O) groups is 1. The Morgan fingerprint density at radius 3 is 2.32 bits per heavy atom. The van der Waals surface area contributed by atoms with Gasteiger partial charge in [0.15, 0.2) is 0 Å². The van der Waals surface area contributed by atoms with Crippen LogP contribution in [-0.4, -0.2) is 61.4 Å². The molecule has 3 rings (SSSR count). The van der Waals surface area contributed by atoms with Gasteiger partial charge in [-0.3, -0.25) is 4.79 Å². The zero-order chi connectivity index (χ0) is 20.3. The molecule has 1 fully saturated rings. The van der Waals surface area contributed by atoms with Gasteiger partial charge in [0, 0.05) is 31.7 Å². The molecule has 2 aromatic rings. The van der Waals surface area contributed by atoms with Crippen molar-refractivity contribution >= 4 is 27.5 Å². The molecule has 0 radical (unpaired) electrons. The molecule has 1 aliphatic heterocycles. The van der Waals surface area contributed by atoms with Crippen LogP contribution >= 0.6 is 11.6 Å². The van der Waals surface area contributed by atoms with Crippen LogP contribution in [0.25, 0.3) is 0 Å². The molecule has 0 spiro atoms. The fraction of sp³-hybridized carbons (Fsp3) is 0.316. The summed E-state index contributed by atoms with van der Waals surface area (Å²) in [5.74, 6) is 0.272. The summed E-state index contributed by atoms with van der Waals surface area (Å²) in [5.41, 5.74) is 0.352. The van der Waals surface area contributed by atoms with E-state index in [9.17, 15) is 18.3 Å². The van der Waals surface area contributed by atoms with Crippen molar-refractivity contribution in [3.8, 4) is 11.5 Å². The van der Waals surface area contributed by atoms with E-state index in [1.807, 2.05) is 6.92 Å². The van der Waals surface area contributed by atoms with Gasteiger partial charge in [-0.1, -0.05) is 11.6 Å². The normalized spacial score (nSPS) is 15.4. The highest BCUT2D eigenvalue weighted by atomic mass is 35.5. The molecule has 28 heavy (non-hydrogen) atoms. The molecule has 0 unspecified atom stereocenters. The predicted octanol–water partition coefficient (Wildman–Crippen LogP) is 2.59. The third-order valence-corrected chi connectivity index (χ3v) is 6.71. The fourth-order valence-electron chi connectivity index (χ4n) is 2.98. The smallest absolute Gasteiger partial charge is 0.253 e. The van der Waals surface area contributed by atoms with Gasteiger partial charge in [-0.15, -0.1) is 0 Å². The average Bonchev–Trinajstić information content (AvgIpc) is 2.70. The van der Waals surface area contributed by atoms with Gasteiger partial charge in [0.2, 0.25) is 10.0 Å². The Hall–Kier alpha value is -2.29. The topological polar surface area (TPSA) is 87.2 Å². The second-order valence-corrected chi connectivity index (χ2v) is 8.61. The van der Waals surface area contributed by atoms with Crippen molar-refractivity contribution in [1.29, 1.82) is 0 Å². The van der Waals surface area contributed by atoms with Gasteiger partial charge in [-0.05, 0) is 49.4 Å². The molecule has 0 bridgehead atoms. The van der Waals surface area contributed by atoms with Crippen LogP contribution in [0.5, 0.6) is 11.5 Å². The molecular formula is C19H21ClN2O5S. The summed E-state index contributed by atoms with van der Waals surface area (Å²) in [6.07, 6.45) is 0. The zero-order valence-corrected chi connectivity index (χ0v) is 16.9. The molecule has 1 amide bonds. The van der Waals surface area contributed by atoms with Gasteiger partial charge < -0.3 is 14.7 Å². The molecule has 0 saturated carbocycles. The quantitative estimate of drug-likeness (QED) is 0.797. The van der Waals surface area contributed by atoms with E-state index < -0.39 is 10.0 Å². The van der Waals surface area contributed by atoms with E-state index in [1.165, 1.54) is 34.6 Å². The van der Waals surface area contributed by atoms with Gasteiger partial charge in [0.1, 0.15) is 11.5 Å². The minimum absolute atomic E-state index is 0.0931. The first-order valence-corrected chi connectivity index (χ1v) is 10.7. The molecule has 1 heterocycles. The van der Waals surface area contributed by atoms with Crippen molar-refractivity contribution in [3.05, 3.63) is 53.1 Å². The molecular weight excluding hydrogens is 404 g/mol. The number of benzene rings is 2. The molecule has 150 valence electrons. The van der Waals surface area contributed by atoms with Gasteiger partial charge in [0.25, 0.3) is 5.91 Å². The van der Waals surface area contributed by atoms with Crippen molar-refractivity contribution in [2.24, 2.45) is 0 Å². The fourth-order valence-corrected chi connectivity index (χ4v) is 4.58. The number of amides is 1. The van der Waals surface area contributed by atoms with Crippen LogP contribution in [0.15, 0.2) is 47.4 Å². The molecule has 0 atom stereocenters. The third kappa shape index (κ3) is 4.24. The summed E-state index contributed by atoms with van der Waals surface area (Å²) in [4.78, 5) is 14.4. The molecule has 9 heteroatoms. The zero-order valence-electron chi connectivity index (χ0n) is 15.3. The van der Waals surface area contributed by atoms with E-state index in [0.717, 1.165) is 0 Å². The highest BCUT2D eigenvalue weighted by molar-refractivity contribution is 7.89. The van der Waals surface area contributed by atoms with Crippen molar-refractivity contribution < 1.29 is 23.1 Å². The van der Waals surface area contributed by atoms with E-state index in [2.05, 4.69) is 0 Å². The van der Waals surface area contributed by atoms with E-state index in [-0.39, 0.29) is 47.8 Å². The summed E-state index contributed by atoms with van der Waals surface area (Å²) in [5, 5.41) is 9.58. The largest absolute Gasteiger partial charge is 0.506 e. The monoisotopic (exact) mass is 424 g/mol. The predicted molar refractivity (Wildman–Crippen MR) is 105 cm³/mol. The summed E-state index contributed by atoms with van der Waals surface area (Å²) < 4.78 is 32.4. The van der Waals surface area contributed by atoms with Crippen LogP contribution in [0.3, 0.4) is 0 Å². The van der Waals surface area contributed by atoms with Crippen molar-refractivity contribution in [3.63, 3.8) is 0 Å². The summed E-state index contributed by atoms with van der Waals surface area (Å²) in [7, 11) is -3.63. The minimum atomic E-state index is -3.63. The summed E-state index contributed by atoms with van der Waals surface area (Å²) in [6.45, 7) is 3.31. The van der Waals surface area contributed by atoms with Crippen molar-refractivity contribution in [2.75, 3.05) is 32.8 Å². The molecule has 7 nitrogen and oxygen atoms in total. The number of hydrogen-bond acceptors (Lipinski definition) is 5. The van der Waals surface area contributed by atoms with Crippen LogP contribution in [0.4, 0.5) is 0 Å². The summed E-state index contributed by atoms with van der Waals surface area (Å²) in [6, 6.07) is 10.6. The maximum Gasteiger partial charge on any atom is 0.253 e. The van der Waals surface area contributed by atoms with E-state index in [0.29, 0.717) is 17.9 Å². The maximum atomic E-state index is 12.8. The second kappa shape index (κ2) is 8.38. The number of nitrogens with zero attached hydrogens (tertiary/aromatic N) is 2. The van der Waals surface area contributed by atoms with Crippen LogP contribution in [0, 0.1) is 0 Å². The Bertz CT molecular complexity index is 955. The number of hydrogen-bond donors (Lipinski definition) is 1. The number of sulfonamides is 1. The summed E-state index contributed by atoms with van der Waals surface area (Å²) >= 11 is 5.86. The number of ether oxygens (including phenoxy) is 1. The lowest BCUT2D eigenvalue weighted by molar-refractivity contribution is 0.0698. The highest BCUT2D eigenvalue weighted by Crippen LogP contribution is 2.25. The van der Waals surface area contributed by atoms with Gasteiger partial charge in [-0.25, -0.2) is 8.42 Å². The van der Waals surface area contributed by atoms with Gasteiger partial charge >= 0.3 is 0 Å². The lowest BCUT2D eigenvalue weighted by atomic mass is 10.2. The Morgan fingerprint density at radius 2 is 1.75 bits per heavy atom. The lowest BCUT2D eigenvalue weighted by Gasteiger charge is -2.34. The molecule has 0 aromatic heterocycles. The maximum absolute atomic E-state index is 12.8. The first kappa shape index (κ1) is 20.4. The van der Waals surface area contributed by atoms with Crippen molar-refractivity contribution in [1.82, 2.24) is 9.21 Å². The number of piperazine rings is 1. The third-order valence-electron chi connectivity index (χ3n) is 4.49. The molecule has 2 aromatic carbocycles. The van der Waals surface area contributed by atoms with E-state index in [1.54, 1.807) is 17.0 Å². The average molecular weight is 425 g/mol. The van der Waals surface area contributed by atoms with Crippen LogP contribution in [-0.2, 0) is 10.0 Å². The minimum Gasteiger partial charge on any atom is -0.506 e. The molecule has 1 N–H and O–H groups in total. The van der Waals surface area contributed by atoms with Gasteiger partial charge in [-0.2, -0.15) is 4.31 Å². The molecule has 1 saturated heterocycles. The Labute approximate surface area is 169 Å². The van der Waals surface area contributed by atoms with Gasteiger partial charge in [0.05, 0.1) is 16.5 Å². The number of phenols is 1. The van der Waals surface area contributed by atoms with Crippen LogP contribution in [0.2, 0.25) is 5.02 Å². The van der Waals surface area contributed by atoms with E-state index >= 15 is 0 Å². The molecule has 0 aliphatic carbocycles. The highest BCUT2D eigenvalue weighted by Gasteiger charge is 2.30. The second-order valence-electron chi connectivity index (χ2n) is 6.27. The first-order chi connectivity index (χ1) is 13.3. The number of carbonyl (C=O) groups excluding carboxylic acids is 1. The standard InChI is InChI=1S/C19H21ClN2O5S/c1-2-27-15-4-6-16(7-5-15)28(25,26)22-11-9-21(10-12-22)19(24)14-3-8-18(23)17(20)13-14/h3-8,13,23H,2,9-12H2,1H3. The van der Waals surface area contributed by atoms with Crippen LogP contribution < -0.4 is 4.74 Å². The SMILES string of the molecule is CCOc1ccc(S(=O)(=O)N2CCN(C(=O)c3ccc(O)c(Cl)c3)CC2)cc1. The van der Waals surface area contributed by atoms with E-state index in [4.69, 9.17) is 16.3 Å². The van der Waals surface area contributed by atoms with Crippen molar-refractivity contribution in [2.45, 2.75) is 11.8 Å². The Kier molecular flexibility index (Phi) is 6.12. The number of aromatic hydroxyl groups is 1. The lowest BCUT2D eigenvalue weighted by Crippen LogP contribution is -2.50.